The van der Waals surface area contributed by atoms with Crippen molar-refractivity contribution in [2.75, 3.05) is 57.4 Å². The molecule has 7 nitrogen and oxygen atoms in total. The summed E-state index contributed by atoms with van der Waals surface area (Å²) in [7, 11) is 0. The van der Waals surface area contributed by atoms with Crippen LogP contribution < -0.4 is 15.5 Å². The Morgan fingerprint density at radius 2 is 1.96 bits per heavy atom. The molecular weight excluding hydrogens is 352 g/mol. The standard InChI is InChI=1S/C21H36N6O/c1-3-22-21(24-16-18(2)26-11-13-28-14-12-26)25-17-19-7-8-23-20(15-19)27-9-5-4-6-10-27/h7-8,15,18H,3-6,9-14,16-17H2,1-2H3,(H2,22,24,25). The third kappa shape index (κ3) is 6.34. The van der Waals surface area contributed by atoms with E-state index in [0.29, 0.717) is 12.6 Å². The van der Waals surface area contributed by atoms with E-state index in [1.807, 2.05) is 6.20 Å². The van der Waals surface area contributed by atoms with E-state index in [2.05, 4.69) is 51.4 Å². The fourth-order valence-corrected chi connectivity index (χ4v) is 3.76. The maximum Gasteiger partial charge on any atom is 0.191 e. The third-order valence-electron chi connectivity index (χ3n) is 5.49. The number of aromatic nitrogens is 1. The summed E-state index contributed by atoms with van der Waals surface area (Å²) in [6.07, 6.45) is 5.77. The van der Waals surface area contributed by atoms with Crippen molar-refractivity contribution in [3.05, 3.63) is 23.9 Å². The quantitative estimate of drug-likeness (QED) is 0.549. The molecule has 2 N–H and O–H groups in total. The summed E-state index contributed by atoms with van der Waals surface area (Å²) < 4.78 is 5.45. The number of aliphatic imine (C=N–C) groups is 1. The number of rotatable bonds is 7. The molecule has 0 aromatic carbocycles. The van der Waals surface area contributed by atoms with Crippen molar-refractivity contribution < 1.29 is 4.74 Å². The molecule has 2 fully saturated rings. The summed E-state index contributed by atoms with van der Waals surface area (Å²) >= 11 is 0. The first kappa shape index (κ1) is 20.9. The number of nitrogens with one attached hydrogen (secondary N) is 2. The lowest BCUT2D eigenvalue weighted by molar-refractivity contribution is 0.0211. The van der Waals surface area contributed by atoms with E-state index < -0.39 is 0 Å². The van der Waals surface area contributed by atoms with Gasteiger partial charge in [-0.1, -0.05) is 0 Å². The Kier molecular flexibility index (Phi) is 8.36. The molecule has 2 aliphatic rings. The SMILES string of the molecule is CCNC(=NCc1ccnc(N2CCCCC2)c1)NCC(C)N1CCOCC1. The lowest BCUT2D eigenvalue weighted by atomic mass is 10.1. The first-order valence-electron chi connectivity index (χ1n) is 10.8. The van der Waals surface area contributed by atoms with Gasteiger partial charge in [0.05, 0.1) is 19.8 Å². The smallest absolute Gasteiger partial charge is 0.191 e. The van der Waals surface area contributed by atoms with Crippen LogP contribution in [0.2, 0.25) is 0 Å². The average Bonchev–Trinajstić information content (AvgIpc) is 2.77. The van der Waals surface area contributed by atoms with Gasteiger partial charge in [-0.25, -0.2) is 9.98 Å². The highest BCUT2D eigenvalue weighted by Gasteiger charge is 2.17. The molecule has 0 amide bonds. The first-order chi connectivity index (χ1) is 13.8. The molecule has 1 unspecified atom stereocenters. The summed E-state index contributed by atoms with van der Waals surface area (Å²) in [5, 5.41) is 6.86. The summed E-state index contributed by atoms with van der Waals surface area (Å²) in [4.78, 5) is 14.2. The largest absolute Gasteiger partial charge is 0.379 e. The Hall–Kier alpha value is -1.86. The molecule has 0 aliphatic carbocycles. The fraction of sp³-hybridized carbons (Fsp3) is 0.714. The Morgan fingerprint density at radius 1 is 1.18 bits per heavy atom. The van der Waals surface area contributed by atoms with Crippen LogP contribution in [0.5, 0.6) is 0 Å². The van der Waals surface area contributed by atoms with E-state index in [-0.39, 0.29) is 0 Å². The Labute approximate surface area is 169 Å². The fourth-order valence-electron chi connectivity index (χ4n) is 3.76. The molecular formula is C21H36N6O. The van der Waals surface area contributed by atoms with E-state index >= 15 is 0 Å². The van der Waals surface area contributed by atoms with E-state index in [1.54, 1.807) is 0 Å². The van der Waals surface area contributed by atoms with Gasteiger partial charge in [-0.05, 0) is 50.8 Å². The molecule has 156 valence electrons. The number of piperidine rings is 1. The zero-order valence-corrected chi connectivity index (χ0v) is 17.5. The summed E-state index contributed by atoms with van der Waals surface area (Å²) in [5.74, 6) is 1.96. The summed E-state index contributed by atoms with van der Waals surface area (Å²) in [6.45, 7) is 12.7. The summed E-state index contributed by atoms with van der Waals surface area (Å²) in [5.41, 5.74) is 1.20. The van der Waals surface area contributed by atoms with Crippen LogP contribution in [0.4, 0.5) is 5.82 Å². The summed E-state index contributed by atoms with van der Waals surface area (Å²) in [6, 6.07) is 4.71. The van der Waals surface area contributed by atoms with Crippen molar-refractivity contribution >= 4 is 11.8 Å². The molecule has 3 rings (SSSR count). The number of ether oxygens (including phenoxy) is 1. The number of guanidine groups is 1. The molecule has 0 saturated carbocycles. The second-order valence-electron chi connectivity index (χ2n) is 7.64. The van der Waals surface area contributed by atoms with E-state index in [1.165, 1.54) is 24.8 Å². The molecule has 0 spiro atoms. The first-order valence-corrected chi connectivity index (χ1v) is 10.8. The molecule has 3 heterocycles. The zero-order valence-electron chi connectivity index (χ0n) is 17.5. The predicted molar refractivity (Wildman–Crippen MR) is 115 cm³/mol. The Bertz CT molecular complexity index is 611. The van der Waals surface area contributed by atoms with Crippen LogP contribution in [0.25, 0.3) is 0 Å². The van der Waals surface area contributed by atoms with Gasteiger partial charge in [0.2, 0.25) is 0 Å². The third-order valence-corrected chi connectivity index (χ3v) is 5.49. The molecule has 1 aromatic heterocycles. The van der Waals surface area contributed by atoms with Gasteiger partial charge in [0.1, 0.15) is 5.82 Å². The maximum atomic E-state index is 5.45. The number of hydrogen-bond donors (Lipinski definition) is 2. The van der Waals surface area contributed by atoms with Crippen molar-refractivity contribution in [1.29, 1.82) is 0 Å². The highest BCUT2D eigenvalue weighted by atomic mass is 16.5. The predicted octanol–water partition coefficient (Wildman–Crippen LogP) is 1.85. The number of morpholine rings is 1. The average molecular weight is 389 g/mol. The van der Waals surface area contributed by atoms with Gasteiger partial charge in [-0.15, -0.1) is 0 Å². The topological polar surface area (TPSA) is 65.0 Å². The molecule has 0 bridgehead atoms. The monoisotopic (exact) mass is 388 g/mol. The second-order valence-corrected chi connectivity index (χ2v) is 7.64. The van der Waals surface area contributed by atoms with Crippen LogP contribution in [0.15, 0.2) is 23.3 Å². The van der Waals surface area contributed by atoms with Crippen LogP contribution in [0, 0.1) is 0 Å². The highest BCUT2D eigenvalue weighted by Crippen LogP contribution is 2.18. The lowest BCUT2D eigenvalue weighted by Gasteiger charge is -2.32. The van der Waals surface area contributed by atoms with Gasteiger partial charge in [0.15, 0.2) is 5.96 Å². The molecule has 2 saturated heterocycles. The normalized spacial score (nSPS) is 20.1. The van der Waals surface area contributed by atoms with Gasteiger partial charge >= 0.3 is 0 Å². The van der Waals surface area contributed by atoms with E-state index in [0.717, 1.165) is 64.3 Å². The molecule has 1 aromatic rings. The van der Waals surface area contributed by atoms with E-state index in [4.69, 9.17) is 9.73 Å². The van der Waals surface area contributed by atoms with Crippen LogP contribution in [-0.4, -0.2) is 74.4 Å². The van der Waals surface area contributed by atoms with Gasteiger partial charge in [0, 0.05) is 51.5 Å². The van der Waals surface area contributed by atoms with E-state index in [9.17, 15) is 0 Å². The van der Waals surface area contributed by atoms with Crippen LogP contribution >= 0.6 is 0 Å². The van der Waals surface area contributed by atoms with Crippen molar-refractivity contribution in [3.8, 4) is 0 Å². The van der Waals surface area contributed by atoms with Crippen molar-refractivity contribution in [1.82, 2.24) is 20.5 Å². The molecule has 7 heteroatoms. The van der Waals surface area contributed by atoms with Gasteiger partial charge < -0.3 is 20.3 Å². The maximum absolute atomic E-state index is 5.45. The van der Waals surface area contributed by atoms with Crippen LogP contribution in [0.3, 0.4) is 0 Å². The van der Waals surface area contributed by atoms with Crippen molar-refractivity contribution in [3.63, 3.8) is 0 Å². The minimum Gasteiger partial charge on any atom is -0.379 e. The molecule has 2 aliphatic heterocycles. The van der Waals surface area contributed by atoms with Gasteiger partial charge in [-0.2, -0.15) is 0 Å². The minimum absolute atomic E-state index is 0.458. The second kappa shape index (κ2) is 11.2. The lowest BCUT2D eigenvalue weighted by Crippen LogP contribution is -2.49. The number of hydrogen-bond acceptors (Lipinski definition) is 5. The number of nitrogens with zero attached hydrogens (tertiary/aromatic N) is 4. The van der Waals surface area contributed by atoms with Gasteiger partial charge in [0.25, 0.3) is 0 Å². The Balaban J connectivity index is 1.54. The highest BCUT2D eigenvalue weighted by molar-refractivity contribution is 5.79. The van der Waals surface area contributed by atoms with Crippen LogP contribution in [0.1, 0.15) is 38.7 Å². The van der Waals surface area contributed by atoms with Crippen LogP contribution in [-0.2, 0) is 11.3 Å². The Morgan fingerprint density at radius 3 is 2.71 bits per heavy atom. The molecule has 0 radical (unpaired) electrons. The number of anilines is 1. The molecule has 1 atom stereocenters. The van der Waals surface area contributed by atoms with Crippen molar-refractivity contribution in [2.45, 2.75) is 45.7 Å². The molecule has 28 heavy (non-hydrogen) atoms. The number of pyridine rings is 1. The van der Waals surface area contributed by atoms with Crippen molar-refractivity contribution in [2.24, 2.45) is 4.99 Å². The van der Waals surface area contributed by atoms with Gasteiger partial charge in [-0.3, -0.25) is 4.90 Å². The zero-order chi connectivity index (χ0) is 19.6. The minimum atomic E-state index is 0.458.